The Kier molecular flexibility index (Phi) is 5.63. The van der Waals surface area contributed by atoms with Gasteiger partial charge >= 0.3 is 0 Å². The summed E-state index contributed by atoms with van der Waals surface area (Å²) in [5, 5.41) is 11.6. The molecule has 2 aromatic rings. The smallest absolute Gasteiger partial charge is 0.262 e. The Labute approximate surface area is 150 Å². The van der Waals surface area contributed by atoms with E-state index in [4.69, 9.17) is 10.00 Å². The molecule has 1 amide bonds. The molecular weight excluding hydrogens is 368 g/mol. The second kappa shape index (κ2) is 7.50. The summed E-state index contributed by atoms with van der Waals surface area (Å²) in [6.07, 6.45) is 0. The standard InChI is InChI=1S/C19H19BrN2O2/c1-19(2,3)14-7-8-17(16(20)10-14)24-12-18(23)22-15-6-4-5-13(9-15)11-21/h4-10H,12H2,1-3H3,(H,22,23). The number of carbonyl (C=O) groups is 1. The molecule has 0 aliphatic heterocycles. The van der Waals surface area contributed by atoms with E-state index >= 15 is 0 Å². The lowest BCUT2D eigenvalue weighted by atomic mass is 9.87. The second-order valence-electron chi connectivity index (χ2n) is 6.42. The van der Waals surface area contributed by atoms with Crippen LogP contribution in [0.2, 0.25) is 0 Å². The highest BCUT2D eigenvalue weighted by Gasteiger charge is 2.15. The molecule has 0 aliphatic carbocycles. The fourth-order valence-corrected chi connectivity index (χ4v) is 2.58. The summed E-state index contributed by atoms with van der Waals surface area (Å²) >= 11 is 3.48. The van der Waals surface area contributed by atoms with Crippen LogP contribution in [0.4, 0.5) is 5.69 Å². The van der Waals surface area contributed by atoms with Crippen LogP contribution in [0.3, 0.4) is 0 Å². The molecule has 0 fully saturated rings. The summed E-state index contributed by atoms with van der Waals surface area (Å²) in [5.74, 6) is 0.334. The maximum absolute atomic E-state index is 12.0. The zero-order valence-electron chi connectivity index (χ0n) is 13.9. The molecule has 0 saturated heterocycles. The summed E-state index contributed by atoms with van der Waals surface area (Å²) in [6.45, 7) is 6.30. The van der Waals surface area contributed by atoms with Crippen LogP contribution in [0.1, 0.15) is 31.9 Å². The Balaban J connectivity index is 1.98. The van der Waals surface area contributed by atoms with Gasteiger partial charge in [0, 0.05) is 5.69 Å². The van der Waals surface area contributed by atoms with E-state index in [2.05, 4.69) is 42.0 Å². The van der Waals surface area contributed by atoms with Crippen molar-refractivity contribution in [1.29, 1.82) is 5.26 Å². The highest BCUT2D eigenvalue weighted by atomic mass is 79.9. The van der Waals surface area contributed by atoms with Crippen LogP contribution in [0.15, 0.2) is 46.9 Å². The molecule has 0 aliphatic rings. The van der Waals surface area contributed by atoms with Crippen molar-refractivity contribution in [3.8, 4) is 11.8 Å². The first-order chi connectivity index (χ1) is 11.3. The molecule has 0 atom stereocenters. The van der Waals surface area contributed by atoms with Crippen molar-refractivity contribution in [3.05, 3.63) is 58.1 Å². The molecule has 5 heteroatoms. The summed E-state index contributed by atoms with van der Waals surface area (Å²) in [5.41, 5.74) is 2.29. The maximum atomic E-state index is 12.0. The second-order valence-corrected chi connectivity index (χ2v) is 7.28. The molecule has 0 unspecified atom stereocenters. The Hall–Kier alpha value is -2.32. The quantitative estimate of drug-likeness (QED) is 0.832. The summed E-state index contributed by atoms with van der Waals surface area (Å²) in [7, 11) is 0. The van der Waals surface area contributed by atoms with E-state index in [1.54, 1.807) is 24.3 Å². The van der Waals surface area contributed by atoms with E-state index in [0.717, 1.165) is 4.47 Å². The lowest BCUT2D eigenvalue weighted by Crippen LogP contribution is -2.20. The Morgan fingerprint density at radius 1 is 1.25 bits per heavy atom. The van der Waals surface area contributed by atoms with E-state index in [-0.39, 0.29) is 17.9 Å². The molecule has 2 aromatic carbocycles. The number of anilines is 1. The molecule has 0 saturated carbocycles. The van der Waals surface area contributed by atoms with Crippen LogP contribution >= 0.6 is 15.9 Å². The van der Waals surface area contributed by atoms with Gasteiger partial charge in [-0.25, -0.2) is 0 Å². The predicted molar refractivity (Wildman–Crippen MR) is 98.1 cm³/mol. The van der Waals surface area contributed by atoms with Gasteiger partial charge in [-0.1, -0.05) is 32.9 Å². The number of ether oxygens (including phenoxy) is 1. The number of carbonyl (C=O) groups excluding carboxylic acids is 1. The van der Waals surface area contributed by atoms with Gasteiger partial charge in [0.15, 0.2) is 6.61 Å². The largest absolute Gasteiger partial charge is 0.483 e. The molecule has 0 spiro atoms. The molecule has 124 valence electrons. The van der Waals surface area contributed by atoms with Crippen molar-refractivity contribution < 1.29 is 9.53 Å². The molecule has 0 heterocycles. The number of rotatable bonds is 4. The molecular formula is C19H19BrN2O2. The minimum Gasteiger partial charge on any atom is -0.483 e. The van der Waals surface area contributed by atoms with Gasteiger partial charge in [0.1, 0.15) is 5.75 Å². The van der Waals surface area contributed by atoms with Gasteiger partial charge < -0.3 is 10.1 Å². The van der Waals surface area contributed by atoms with Gasteiger partial charge in [-0.05, 0) is 57.2 Å². The van der Waals surface area contributed by atoms with Crippen LogP contribution in [-0.2, 0) is 10.2 Å². The first-order valence-corrected chi connectivity index (χ1v) is 8.32. The normalized spacial score (nSPS) is 10.8. The summed E-state index contributed by atoms with van der Waals surface area (Å²) in [4.78, 5) is 12.0. The third-order valence-electron chi connectivity index (χ3n) is 3.43. The Morgan fingerprint density at radius 3 is 2.62 bits per heavy atom. The van der Waals surface area contributed by atoms with Crippen LogP contribution in [0.5, 0.6) is 5.75 Å². The molecule has 2 rings (SSSR count). The zero-order chi connectivity index (χ0) is 17.7. The van der Waals surface area contributed by atoms with Gasteiger partial charge in [0.2, 0.25) is 0 Å². The van der Waals surface area contributed by atoms with E-state index in [1.165, 1.54) is 5.56 Å². The molecule has 1 N–H and O–H groups in total. The van der Waals surface area contributed by atoms with E-state index in [1.807, 2.05) is 24.3 Å². The molecule has 0 radical (unpaired) electrons. The van der Waals surface area contributed by atoms with Crippen molar-refractivity contribution in [1.82, 2.24) is 0 Å². The fourth-order valence-electron chi connectivity index (χ4n) is 2.09. The van der Waals surface area contributed by atoms with Gasteiger partial charge in [-0.3, -0.25) is 4.79 Å². The molecule has 0 bridgehead atoms. The van der Waals surface area contributed by atoms with E-state index in [0.29, 0.717) is 17.0 Å². The third kappa shape index (κ3) is 4.84. The van der Waals surface area contributed by atoms with Gasteiger partial charge in [0.05, 0.1) is 16.1 Å². The van der Waals surface area contributed by atoms with Crippen LogP contribution in [0, 0.1) is 11.3 Å². The van der Waals surface area contributed by atoms with Crippen LogP contribution < -0.4 is 10.1 Å². The Morgan fingerprint density at radius 2 is 2.00 bits per heavy atom. The zero-order valence-corrected chi connectivity index (χ0v) is 15.5. The number of hydrogen-bond acceptors (Lipinski definition) is 3. The lowest BCUT2D eigenvalue weighted by Gasteiger charge is -2.20. The van der Waals surface area contributed by atoms with Crippen molar-refractivity contribution in [2.75, 3.05) is 11.9 Å². The van der Waals surface area contributed by atoms with Gasteiger partial charge in [-0.2, -0.15) is 5.26 Å². The van der Waals surface area contributed by atoms with Crippen molar-refractivity contribution in [3.63, 3.8) is 0 Å². The van der Waals surface area contributed by atoms with Gasteiger partial charge in [-0.15, -0.1) is 0 Å². The monoisotopic (exact) mass is 386 g/mol. The van der Waals surface area contributed by atoms with Crippen molar-refractivity contribution >= 4 is 27.5 Å². The van der Waals surface area contributed by atoms with Crippen molar-refractivity contribution in [2.45, 2.75) is 26.2 Å². The number of halogens is 1. The molecule has 0 aromatic heterocycles. The maximum Gasteiger partial charge on any atom is 0.262 e. The SMILES string of the molecule is CC(C)(C)c1ccc(OCC(=O)Nc2cccc(C#N)c2)c(Br)c1. The number of hydrogen-bond donors (Lipinski definition) is 1. The summed E-state index contributed by atoms with van der Waals surface area (Å²) < 4.78 is 6.39. The molecule has 4 nitrogen and oxygen atoms in total. The number of nitrogens with zero attached hydrogens (tertiary/aromatic N) is 1. The highest BCUT2D eigenvalue weighted by Crippen LogP contribution is 2.31. The third-order valence-corrected chi connectivity index (χ3v) is 4.05. The van der Waals surface area contributed by atoms with E-state index < -0.39 is 0 Å². The Bertz CT molecular complexity index is 789. The number of nitriles is 1. The lowest BCUT2D eigenvalue weighted by molar-refractivity contribution is -0.118. The number of amides is 1. The average molecular weight is 387 g/mol. The number of benzene rings is 2. The van der Waals surface area contributed by atoms with Gasteiger partial charge in [0.25, 0.3) is 5.91 Å². The number of nitrogens with one attached hydrogen (secondary N) is 1. The van der Waals surface area contributed by atoms with Crippen LogP contribution in [0.25, 0.3) is 0 Å². The van der Waals surface area contributed by atoms with Crippen molar-refractivity contribution in [2.24, 2.45) is 0 Å². The minimum absolute atomic E-state index is 0.0458. The minimum atomic E-state index is -0.281. The first-order valence-electron chi connectivity index (χ1n) is 7.52. The van der Waals surface area contributed by atoms with E-state index in [9.17, 15) is 4.79 Å². The summed E-state index contributed by atoms with van der Waals surface area (Å²) in [6, 6.07) is 14.6. The average Bonchev–Trinajstić information content (AvgIpc) is 2.53. The fraction of sp³-hybridized carbons (Fsp3) is 0.263. The topological polar surface area (TPSA) is 62.1 Å². The first kappa shape index (κ1) is 18.0. The predicted octanol–water partition coefficient (Wildman–Crippen LogP) is 4.64. The van der Waals surface area contributed by atoms with Crippen LogP contribution in [-0.4, -0.2) is 12.5 Å². The highest BCUT2D eigenvalue weighted by molar-refractivity contribution is 9.10. The molecule has 24 heavy (non-hydrogen) atoms.